The first-order valence-electron chi connectivity index (χ1n) is 4.46. The van der Waals surface area contributed by atoms with Gasteiger partial charge in [0, 0.05) is 5.69 Å². The van der Waals surface area contributed by atoms with Crippen LogP contribution in [0.1, 0.15) is 0 Å². The smallest absolute Gasteiger partial charge is 0.400 e. The topological polar surface area (TPSA) is 69.1 Å². The van der Waals surface area contributed by atoms with E-state index in [1.165, 1.54) is 18.2 Å². The Hall–Kier alpha value is -1.57. The molecule has 2 aromatic rings. The van der Waals surface area contributed by atoms with Gasteiger partial charge >= 0.3 is 6.18 Å². The SMILES string of the molecule is Nc1ccc2oc(S(=O)CC(F)(F)F)nc2c1. The zero-order chi connectivity index (χ0) is 12.6. The van der Waals surface area contributed by atoms with Crippen molar-refractivity contribution in [2.75, 3.05) is 11.5 Å². The van der Waals surface area contributed by atoms with E-state index in [1.807, 2.05) is 0 Å². The number of hydrogen-bond donors (Lipinski definition) is 1. The molecule has 0 saturated heterocycles. The minimum atomic E-state index is -4.52. The van der Waals surface area contributed by atoms with Crippen LogP contribution in [0.3, 0.4) is 0 Å². The maximum absolute atomic E-state index is 12.0. The highest BCUT2D eigenvalue weighted by molar-refractivity contribution is 7.84. The third kappa shape index (κ3) is 2.76. The van der Waals surface area contributed by atoms with E-state index < -0.39 is 28.0 Å². The number of halogens is 3. The Morgan fingerprint density at radius 2 is 2.12 bits per heavy atom. The lowest BCUT2D eigenvalue weighted by Gasteiger charge is -2.02. The molecule has 0 radical (unpaired) electrons. The van der Waals surface area contributed by atoms with Crippen molar-refractivity contribution < 1.29 is 21.8 Å². The fraction of sp³-hybridized carbons (Fsp3) is 0.222. The molecule has 2 rings (SSSR count). The third-order valence-corrected chi connectivity index (χ3v) is 3.04. The fourth-order valence-electron chi connectivity index (χ4n) is 1.23. The standard InChI is InChI=1S/C9H7F3N2O2S/c10-9(11,12)4-17(15)8-14-6-3-5(13)1-2-7(6)16-8/h1-3H,4,13H2. The molecule has 0 bridgehead atoms. The van der Waals surface area contributed by atoms with E-state index in [1.54, 1.807) is 0 Å². The van der Waals surface area contributed by atoms with Gasteiger partial charge in [-0.25, -0.2) is 9.19 Å². The van der Waals surface area contributed by atoms with Crippen LogP contribution in [0.2, 0.25) is 0 Å². The molecule has 17 heavy (non-hydrogen) atoms. The van der Waals surface area contributed by atoms with Gasteiger partial charge in [0.2, 0.25) is 0 Å². The first-order valence-corrected chi connectivity index (χ1v) is 5.78. The molecule has 0 amide bonds. The van der Waals surface area contributed by atoms with Crippen molar-refractivity contribution in [3.05, 3.63) is 18.2 Å². The van der Waals surface area contributed by atoms with Crippen molar-refractivity contribution in [3.63, 3.8) is 0 Å². The van der Waals surface area contributed by atoms with Crippen molar-refractivity contribution in [1.29, 1.82) is 0 Å². The van der Waals surface area contributed by atoms with Gasteiger partial charge in [0.1, 0.15) is 22.1 Å². The number of benzene rings is 1. The Morgan fingerprint density at radius 1 is 1.41 bits per heavy atom. The van der Waals surface area contributed by atoms with Gasteiger partial charge in [-0.3, -0.25) is 0 Å². The number of oxazole rings is 1. The van der Waals surface area contributed by atoms with E-state index in [4.69, 9.17) is 10.2 Å². The number of fused-ring (bicyclic) bond motifs is 1. The monoisotopic (exact) mass is 264 g/mol. The van der Waals surface area contributed by atoms with Gasteiger partial charge in [0.05, 0.1) is 0 Å². The summed E-state index contributed by atoms with van der Waals surface area (Å²) in [6.45, 7) is 0. The van der Waals surface area contributed by atoms with E-state index in [2.05, 4.69) is 4.98 Å². The van der Waals surface area contributed by atoms with Gasteiger partial charge in [-0.2, -0.15) is 13.2 Å². The Morgan fingerprint density at radius 3 is 2.76 bits per heavy atom. The first-order chi connectivity index (χ1) is 7.85. The van der Waals surface area contributed by atoms with Gasteiger partial charge in [0.25, 0.3) is 5.22 Å². The molecule has 4 nitrogen and oxygen atoms in total. The molecular weight excluding hydrogens is 257 g/mol. The van der Waals surface area contributed by atoms with Crippen LogP contribution < -0.4 is 5.73 Å². The van der Waals surface area contributed by atoms with Crippen LogP contribution >= 0.6 is 0 Å². The van der Waals surface area contributed by atoms with E-state index in [9.17, 15) is 17.4 Å². The third-order valence-electron chi connectivity index (χ3n) is 1.88. The number of hydrogen-bond acceptors (Lipinski definition) is 4. The lowest BCUT2D eigenvalue weighted by molar-refractivity contribution is -0.106. The molecule has 8 heteroatoms. The molecule has 0 aliphatic carbocycles. The molecule has 1 aromatic carbocycles. The number of rotatable bonds is 2. The largest absolute Gasteiger partial charge is 0.430 e. The second kappa shape index (κ2) is 4.02. The number of nitrogens with zero attached hydrogens (tertiary/aromatic N) is 1. The number of alkyl halides is 3. The normalized spacial score (nSPS) is 14.1. The minimum absolute atomic E-state index is 0.254. The lowest BCUT2D eigenvalue weighted by atomic mass is 10.3. The quantitative estimate of drug-likeness (QED) is 0.843. The summed E-state index contributed by atoms with van der Waals surface area (Å²) in [6, 6.07) is 4.42. The van der Waals surface area contributed by atoms with Crippen molar-refractivity contribution in [3.8, 4) is 0 Å². The molecule has 1 heterocycles. The van der Waals surface area contributed by atoms with Gasteiger partial charge in [-0.15, -0.1) is 0 Å². The van der Waals surface area contributed by atoms with Crippen molar-refractivity contribution in [1.82, 2.24) is 4.98 Å². The fourth-order valence-corrected chi connectivity index (χ4v) is 2.03. The van der Waals surface area contributed by atoms with Crippen molar-refractivity contribution in [2.45, 2.75) is 11.4 Å². The number of anilines is 1. The van der Waals surface area contributed by atoms with Crippen LogP contribution in [0.5, 0.6) is 0 Å². The van der Waals surface area contributed by atoms with E-state index in [-0.39, 0.29) is 11.1 Å². The number of nitrogen functional groups attached to an aromatic ring is 1. The summed E-state index contributed by atoms with van der Waals surface area (Å²) < 4.78 is 52.4. The first kappa shape index (κ1) is 11.9. The highest BCUT2D eigenvalue weighted by Gasteiger charge is 2.33. The minimum Gasteiger partial charge on any atom is -0.430 e. The Balaban J connectivity index is 2.33. The molecule has 0 saturated carbocycles. The molecule has 1 unspecified atom stereocenters. The molecule has 2 N–H and O–H groups in total. The number of aromatic nitrogens is 1. The zero-order valence-corrected chi connectivity index (χ0v) is 9.14. The van der Waals surface area contributed by atoms with Gasteiger partial charge < -0.3 is 10.2 Å². The molecule has 0 aliphatic heterocycles. The molecule has 0 aliphatic rings. The van der Waals surface area contributed by atoms with Gasteiger partial charge in [-0.1, -0.05) is 0 Å². The van der Waals surface area contributed by atoms with Gasteiger partial charge in [-0.05, 0) is 18.2 Å². The summed E-state index contributed by atoms with van der Waals surface area (Å²) in [5.41, 5.74) is 6.42. The lowest BCUT2D eigenvalue weighted by Crippen LogP contribution is -2.18. The van der Waals surface area contributed by atoms with Crippen LogP contribution in [0.15, 0.2) is 27.8 Å². The van der Waals surface area contributed by atoms with E-state index in [0.29, 0.717) is 5.69 Å². The molecular formula is C9H7F3N2O2S. The highest BCUT2D eigenvalue weighted by Crippen LogP contribution is 2.23. The Bertz CT molecular complexity index is 579. The molecule has 1 atom stereocenters. The predicted octanol–water partition coefficient (Wildman–Crippen LogP) is 2.08. The second-order valence-corrected chi connectivity index (χ2v) is 4.64. The summed E-state index contributed by atoms with van der Waals surface area (Å²) in [6.07, 6.45) is -4.52. The molecule has 1 aromatic heterocycles. The van der Waals surface area contributed by atoms with E-state index >= 15 is 0 Å². The maximum atomic E-state index is 12.0. The predicted molar refractivity (Wildman–Crippen MR) is 55.8 cm³/mol. The zero-order valence-electron chi connectivity index (χ0n) is 8.32. The van der Waals surface area contributed by atoms with Crippen LogP contribution in [-0.2, 0) is 10.8 Å². The summed E-state index contributed by atoms with van der Waals surface area (Å²) in [5, 5.41) is -0.442. The average Bonchev–Trinajstić information content (AvgIpc) is 2.57. The second-order valence-electron chi connectivity index (χ2n) is 3.31. The van der Waals surface area contributed by atoms with Crippen LogP contribution in [0, 0.1) is 0 Å². The van der Waals surface area contributed by atoms with Crippen LogP contribution in [0.4, 0.5) is 18.9 Å². The summed E-state index contributed by atoms with van der Waals surface area (Å²) >= 11 is 0. The molecule has 0 fully saturated rings. The summed E-state index contributed by atoms with van der Waals surface area (Å²) in [4.78, 5) is 3.71. The van der Waals surface area contributed by atoms with E-state index in [0.717, 1.165) is 0 Å². The summed E-state index contributed by atoms with van der Waals surface area (Å²) in [5.74, 6) is -1.48. The molecule has 92 valence electrons. The summed E-state index contributed by atoms with van der Waals surface area (Å²) in [7, 11) is -2.34. The average molecular weight is 264 g/mol. The Kier molecular flexibility index (Phi) is 2.82. The van der Waals surface area contributed by atoms with Crippen molar-refractivity contribution in [2.24, 2.45) is 0 Å². The maximum Gasteiger partial charge on any atom is 0.400 e. The Labute approximate surface area is 96.1 Å². The van der Waals surface area contributed by atoms with Gasteiger partial charge in [0.15, 0.2) is 5.58 Å². The van der Waals surface area contributed by atoms with Crippen molar-refractivity contribution >= 4 is 27.6 Å². The van der Waals surface area contributed by atoms with Crippen LogP contribution in [-0.4, -0.2) is 21.1 Å². The van der Waals surface area contributed by atoms with Crippen LogP contribution in [0.25, 0.3) is 11.1 Å². The molecule has 0 spiro atoms. The number of nitrogens with two attached hydrogens (primary N) is 1. The highest BCUT2D eigenvalue weighted by atomic mass is 32.2.